The highest BCUT2D eigenvalue weighted by molar-refractivity contribution is 7.71. The van der Waals surface area contributed by atoms with Crippen LogP contribution in [0.4, 0.5) is 5.82 Å². The van der Waals surface area contributed by atoms with Gasteiger partial charge in [-0.3, -0.25) is 14.2 Å². The average molecular weight is 407 g/mol. The van der Waals surface area contributed by atoms with Crippen LogP contribution in [0.25, 0.3) is 10.9 Å². The first-order valence-corrected chi connectivity index (χ1v) is 9.82. The molecule has 1 fully saturated rings. The third kappa shape index (κ3) is 3.71. The monoisotopic (exact) mass is 407 g/mol. The third-order valence-electron chi connectivity index (χ3n) is 5.08. The highest BCUT2D eigenvalue weighted by atomic mass is 32.1. The molecular formula is C21H21N5O2S. The Morgan fingerprint density at radius 3 is 2.69 bits per heavy atom. The first kappa shape index (κ1) is 19.1. The van der Waals surface area contributed by atoms with Crippen molar-refractivity contribution in [3.05, 3.63) is 75.9 Å². The van der Waals surface area contributed by atoms with E-state index in [2.05, 4.69) is 21.4 Å². The van der Waals surface area contributed by atoms with Gasteiger partial charge < -0.3 is 14.8 Å². The summed E-state index contributed by atoms with van der Waals surface area (Å²) >= 11 is 5.28. The standard InChI is InChI=1S/C21H21N5O2S/c1-2-9-26-20(28)16-7-6-15(14-17(16)23-21(26)29)19(27)25-12-10-24(11-13-25)18-5-3-4-8-22-18/h2-8,14H,1,9-13H2,(H,23,29). The van der Waals surface area contributed by atoms with Crippen molar-refractivity contribution in [2.75, 3.05) is 31.1 Å². The Labute approximate surface area is 172 Å². The Hall–Kier alpha value is -3.26. The number of nitrogens with zero attached hydrogens (tertiary/aromatic N) is 4. The molecule has 1 saturated heterocycles. The van der Waals surface area contributed by atoms with Gasteiger partial charge in [0.1, 0.15) is 5.82 Å². The number of allylic oxidation sites excluding steroid dienone is 1. The van der Waals surface area contributed by atoms with E-state index in [0.29, 0.717) is 40.9 Å². The number of amides is 1. The second-order valence-electron chi connectivity index (χ2n) is 6.86. The zero-order valence-electron chi connectivity index (χ0n) is 15.9. The van der Waals surface area contributed by atoms with Gasteiger partial charge in [-0.25, -0.2) is 4.98 Å². The number of rotatable bonds is 4. The Morgan fingerprint density at radius 1 is 1.21 bits per heavy atom. The van der Waals surface area contributed by atoms with Crippen LogP contribution in [0.3, 0.4) is 0 Å². The van der Waals surface area contributed by atoms with E-state index < -0.39 is 0 Å². The minimum Gasteiger partial charge on any atom is -0.353 e. The molecule has 29 heavy (non-hydrogen) atoms. The summed E-state index contributed by atoms with van der Waals surface area (Å²) in [5, 5.41) is 0.497. The highest BCUT2D eigenvalue weighted by Crippen LogP contribution is 2.16. The Balaban J connectivity index is 1.55. The van der Waals surface area contributed by atoms with Crippen LogP contribution in [-0.2, 0) is 6.54 Å². The zero-order valence-corrected chi connectivity index (χ0v) is 16.7. The summed E-state index contributed by atoms with van der Waals surface area (Å²) in [6.07, 6.45) is 3.40. The number of nitrogens with one attached hydrogen (secondary N) is 1. The van der Waals surface area contributed by atoms with E-state index >= 15 is 0 Å². The molecule has 1 aliphatic heterocycles. The predicted molar refractivity (Wildman–Crippen MR) is 116 cm³/mol. The number of aromatic amines is 1. The van der Waals surface area contributed by atoms with E-state index in [0.717, 1.165) is 18.9 Å². The number of carbonyl (C=O) groups is 1. The lowest BCUT2D eigenvalue weighted by Crippen LogP contribution is -2.49. The number of H-pyrrole nitrogens is 1. The van der Waals surface area contributed by atoms with Gasteiger partial charge in [0.2, 0.25) is 0 Å². The minimum absolute atomic E-state index is 0.0536. The van der Waals surface area contributed by atoms with E-state index in [9.17, 15) is 9.59 Å². The largest absolute Gasteiger partial charge is 0.353 e. The van der Waals surface area contributed by atoms with Crippen molar-refractivity contribution in [1.29, 1.82) is 0 Å². The fraction of sp³-hybridized carbons (Fsp3) is 0.238. The summed E-state index contributed by atoms with van der Waals surface area (Å²) in [5.41, 5.74) is 0.917. The lowest BCUT2D eigenvalue weighted by Gasteiger charge is -2.35. The molecule has 3 aromatic rings. The van der Waals surface area contributed by atoms with Crippen LogP contribution in [0.15, 0.2) is 60.0 Å². The molecule has 1 N–H and O–H groups in total. The summed E-state index contributed by atoms with van der Waals surface area (Å²) in [4.78, 5) is 37.0. The van der Waals surface area contributed by atoms with Crippen LogP contribution in [0.1, 0.15) is 10.4 Å². The van der Waals surface area contributed by atoms with Crippen LogP contribution in [-0.4, -0.2) is 51.5 Å². The summed E-state index contributed by atoms with van der Waals surface area (Å²) in [6, 6.07) is 10.9. The van der Waals surface area contributed by atoms with Crippen molar-refractivity contribution in [2.24, 2.45) is 0 Å². The van der Waals surface area contributed by atoms with E-state index in [4.69, 9.17) is 12.2 Å². The molecule has 0 radical (unpaired) electrons. The first-order valence-electron chi connectivity index (χ1n) is 9.41. The fourth-order valence-corrected chi connectivity index (χ4v) is 3.81. The molecular weight excluding hydrogens is 386 g/mol. The van der Waals surface area contributed by atoms with Gasteiger partial charge in [0.15, 0.2) is 4.77 Å². The maximum atomic E-state index is 13.0. The normalized spacial score (nSPS) is 14.2. The number of aromatic nitrogens is 3. The summed E-state index contributed by atoms with van der Waals surface area (Å²) in [7, 11) is 0. The summed E-state index contributed by atoms with van der Waals surface area (Å²) < 4.78 is 1.76. The van der Waals surface area contributed by atoms with E-state index in [1.165, 1.54) is 4.57 Å². The van der Waals surface area contributed by atoms with Gasteiger partial charge >= 0.3 is 0 Å². The molecule has 1 aliphatic rings. The molecule has 0 aliphatic carbocycles. The van der Waals surface area contributed by atoms with Crippen LogP contribution in [0.2, 0.25) is 0 Å². The molecule has 1 amide bonds. The van der Waals surface area contributed by atoms with Gasteiger partial charge in [0.25, 0.3) is 11.5 Å². The SMILES string of the molecule is C=CCn1c(=S)[nH]c2cc(C(=O)N3CCN(c4ccccn4)CC3)ccc2c1=O. The van der Waals surface area contributed by atoms with Crippen LogP contribution >= 0.6 is 12.2 Å². The van der Waals surface area contributed by atoms with Crippen molar-refractivity contribution < 1.29 is 4.79 Å². The summed E-state index contributed by atoms with van der Waals surface area (Å²) in [5.74, 6) is 0.871. The molecule has 1 aromatic carbocycles. The molecule has 3 heterocycles. The Morgan fingerprint density at radius 2 is 2.00 bits per heavy atom. The smallest absolute Gasteiger partial charge is 0.262 e. The van der Waals surface area contributed by atoms with Gasteiger partial charge in [0.05, 0.1) is 10.9 Å². The number of pyridine rings is 1. The van der Waals surface area contributed by atoms with Crippen LogP contribution < -0.4 is 10.5 Å². The zero-order chi connectivity index (χ0) is 20.4. The van der Waals surface area contributed by atoms with Crippen LogP contribution in [0.5, 0.6) is 0 Å². The molecule has 0 spiro atoms. The molecule has 148 valence electrons. The van der Waals surface area contributed by atoms with E-state index in [1.807, 2.05) is 23.1 Å². The predicted octanol–water partition coefficient (Wildman–Crippen LogP) is 2.60. The summed E-state index contributed by atoms with van der Waals surface area (Å²) in [6.45, 7) is 6.68. The Bertz CT molecular complexity index is 1180. The van der Waals surface area contributed by atoms with Crippen molar-refractivity contribution in [3.63, 3.8) is 0 Å². The second kappa shape index (κ2) is 8.00. The lowest BCUT2D eigenvalue weighted by atomic mass is 10.1. The van der Waals surface area contributed by atoms with Crippen molar-refractivity contribution in [3.8, 4) is 0 Å². The lowest BCUT2D eigenvalue weighted by molar-refractivity contribution is 0.0746. The molecule has 2 aromatic heterocycles. The molecule has 7 nitrogen and oxygen atoms in total. The number of fused-ring (bicyclic) bond motifs is 1. The fourth-order valence-electron chi connectivity index (χ4n) is 3.54. The van der Waals surface area contributed by atoms with Gasteiger partial charge in [-0.2, -0.15) is 0 Å². The van der Waals surface area contributed by atoms with Gasteiger partial charge in [-0.1, -0.05) is 12.1 Å². The maximum Gasteiger partial charge on any atom is 0.262 e. The van der Waals surface area contributed by atoms with Crippen molar-refractivity contribution in [1.82, 2.24) is 19.4 Å². The molecule has 4 rings (SSSR count). The molecule has 8 heteroatoms. The molecule has 0 atom stereocenters. The quantitative estimate of drug-likeness (QED) is 0.532. The molecule has 0 saturated carbocycles. The second-order valence-corrected chi connectivity index (χ2v) is 7.25. The maximum absolute atomic E-state index is 13.0. The van der Waals surface area contributed by atoms with Crippen molar-refractivity contribution in [2.45, 2.75) is 6.54 Å². The van der Waals surface area contributed by atoms with Gasteiger partial charge in [-0.05, 0) is 42.5 Å². The Kier molecular flexibility index (Phi) is 5.26. The van der Waals surface area contributed by atoms with Gasteiger partial charge in [0, 0.05) is 44.5 Å². The third-order valence-corrected chi connectivity index (χ3v) is 5.40. The van der Waals surface area contributed by atoms with E-state index in [1.54, 1.807) is 30.5 Å². The number of carbonyl (C=O) groups excluding carboxylic acids is 1. The number of benzene rings is 1. The van der Waals surface area contributed by atoms with E-state index in [-0.39, 0.29) is 11.5 Å². The minimum atomic E-state index is -0.188. The molecule has 0 bridgehead atoms. The van der Waals surface area contributed by atoms with Gasteiger partial charge in [-0.15, -0.1) is 6.58 Å². The number of anilines is 1. The van der Waals surface area contributed by atoms with Crippen molar-refractivity contribution >= 4 is 34.8 Å². The highest BCUT2D eigenvalue weighted by Gasteiger charge is 2.23. The number of hydrogen-bond donors (Lipinski definition) is 1. The first-order chi connectivity index (χ1) is 14.1. The van der Waals surface area contributed by atoms with Crippen LogP contribution in [0, 0.1) is 4.77 Å². The molecule has 0 unspecified atom stereocenters. The number of piperazine rings is 1. The topological polar surface area (TPSA) is 74.2 Å². The average Bonchev–Trinajstić information content (AvgIpc) is 2.76. The number of hydrogen-bond acceptors (Lipinski definition) is 5.